The highest BCUT2D eigenvalue weighted by molar-refractivity contribution is 7.93. The first-order valence-corrected chi connectivity index (χ1v) is 8.33. The largest absolute Gasteiger partial charge is 0.376 e. The van der Waals surface area contributed by atoms with Crippen molar-refractivity contribution in [1.29, 1.82) is 0 Å². The summed E-state index contributed by atoms with van der Waals surface area (Å²) in [5, 5.41) is 1.82. The van der Waals surface area contributed by atoms with E-state index in [1.807, 2.05) is 0 Å². The van der Waals surface area contributed by atoms with Gasteiger partial charge in [-0.3, -0.25) is 4.72 Å². The highest BCUT2D eigenvalue weighted by atomic mass is 32.2. The van der Waals surface area contributed by atoms with Gasteiger partial charge in [-0.05, 0) is 30.4 Å². The van der Waals surface area contributed by atoms with Crippen molar-refractivity contribution in [1.82, 2.24) is 4.98 Å². The number of rotatable bonds is 4. The Morgan fingerprint density at radius 3 is 2.76 bits per heavy atom. The molecule has 2 rings (SSSR count). The summed E-state index contributed by atoms with van der Waals surface area (Å²) < 4.78 is 40.4. The fourth-order valence-electron chi connectivity index (χ4n) is 1.49. The van der Waals surface area contributed by atoms with Crippen LogP contribution in [0.2, 0.25) is 0 Å². The molecule has 21 heavy (non-hydrogen) atoms. The quantitative estimate of drug-likeness (QED) is 0.820. The minimum Gasteiger partial charge on any atom is -0.376 e. The van der Waals surface area contributed by atoms with Gasteiger partial charge in [-0.2, -0.15) is 0 Å². The molecule has 0 saturated heterocycles. The van der Waals surface area contributed by atoms with Gasteiger partial charge < -0.3 is 10.6 Å². The Labute approximate surface area is 130 Å². The maximum atomic E-state index is 14.1. The molecule has 0 fully saturated rings. The van der Waals surface area contributed by atoms with E-state index in [0.717, 1.165) is 23.5 Å². The van der Waals surface area contributed by atoms with Crippen LogP contribution in [0.1, 0.15) is 0 Å². The number of aromatic nitrogens is 1. The summed E-state index contributed by atoms with van der Waals surface area (Å²) in [6.45, 7) is 0. The summed E-state index contributed by atoms with van der Waals surface area (Å²) in [7, 11) is -2.48. The van der Waals surface area contributed by atoms with Gasteiger partial charge in [-0.15, -0.1) is 11.3 Å². The van der Waals surface area contributed by atoms with Gasteiger partial charge in [-0.1, -0.05) is 0 Å². The van der Waals surface area contributed by atoms with Crippen LogP contribution >= 0.6 is 23.6 Å². The molecule has 3 N–H and O–H groups in total. The van der Waals surface area contributed by atoms with E-state index < -0.39 is 20.7 Å². The molecule has 1 heterocycles. The summed E-state index contributed by atoms with van der Waals surface area (Å²) in [4.78, 5) is 4.68. The number of sulfonamides is 1. The van der Waals surface area contributed by atoms with Crippen LogP contribution in [0.5, 0.6) is 0 Å². The molecule has 0 radical (unpaired) electrons. The summed E-state index contributed by atoms with van der Waals surface area (Å²) >= 11 is 5.87. The number of thiazole rings is 1. The lowest BCUT2D eigenvalue weighted by Gasteiger charge is -2.17. The molecule has 0 amide bonds. The van der Waals surface area contributed by atoms with Crippen LogP contribution in [0.25, 0.3) is 0 Å². The standard InChI is InChI=1S/C11H11FN4O2S3/c1-16(10(13)19)7-2-3-9(8(12)6-7)21(17,18)15-11-14-4-5-20-11/h2-6H,1H3,(H2,13,19)(H,14,15). The maximum Gasteiger partial charge on any atom is 0.266 e. The highest BCUT2D eigenvalue weighted by Gasteiger charge is 2.21. The number of halogens is 1. The minimum atomic E-state index is -4.04. The number of nitrogens with zero attached hydrogens (tertiary/aromatic N) is 2. The Morgan fingerprint density at radius 1 is 1.52 bits per heavy atom. The number of hydrogen-bond acceptors (Lipinski definition) is 5. The van der Waals surface area contributed by atoms with Gasteiger partial charge in [0.2, 0.25) is 0 Å². The van der Waals surface area contributed by atoms with Gasteiger partial charge in [0.05, 0.1) is 0 Å². The van der Waals surface area contributed by atoms with E-state index in [-0.39, 0.29) is 10.2 Å². The van der Waals surface area contributed by atoms with Crippen LogP contribution in [0.15, 0.2) is 34.7 Å². The number of anilines is 2. The third kappa shape index (κ3) is 3.46. The number of hydrogen-bond donors (Lipinski definition) is 2. The lowest BCUT2D eigenvalue weighted by Crippen LogP contribution is -2.31. The predicted molar refractivity (Wildman–Crippen MR) is 84.5 cm³/mol. The molecular formula is C11H11FN4O2S3. The van der Waals surface area contributed by atoms with Crippen molar-refractivity contribution in [2.75, 3.05) is 16.7 Å². The summed E-state index contributed by atoms with van der Waals surface area (Å²) in [6, 6.07) is 3.61. The van der Waals surface area contributed by atoms with Gasteiger partial charge in [0.15, 0.2) is 10.2 Å². The van der Waals surface area contributed by atoms with Crippen molar-refractivity contribution in [3.05, 3.63) is 35.6 Å². The number of thiocarbonyl (C=S) groups is 1. The predicted octanol–water partition coefficient (Wildman–Crippen LogP) is 1.76. The van der Waals surface area contributed by atoms with E-state index >= 15 is 0 Å². The van der Waals surface area contributed by atoms with Crippen LogP contribution in [-0.2, 0) is 10.0 Å². The molecule has 0 unspecified atom stereocenters. The van der Waals surface area contributed by atoms with E-state index in [4.69, 9.17) is 18.0 Å². The molecule has 1 aromatic heterocycles. The van der Waals surface area contributed by atoms with Crippen LogP contribution in [0, 0.1) is 5.82 Å². The summed E-state index contributed by atoms with van der Waals surface area (Å²) in [6.07, 6.45) is 1.44. The fraction of sp³-hybridized carbons (Fsp3) is 0.0909. The van der Waals surface area contributed by atoms with Crippen LogP contribution in [0.3, 0.4) is 0 Å². The smallest absolute Gasteiger partial charge is 0.266 e. The first-order valence-electron chi connectivity index (χ1n) is 5.56. The van der Waals surface area contributed by atoms with Crippen LogP contribution in [0.4, 0.5) is 15.2 Å². The Morgan fingerprint density at radius 2 is 2.24 bits per heavy atom. The number of nitrogens with two attached hydrogens (primary N) is 1. The van der Waals surface area contributed by atoms with E-state index in [1.54, 1.807) is 12.4 Å². The molecule has 0 aliphatic heterocycles. The second-order valence-corrected chi connectivity index (χ2v) is 6.92. The zero-order valence-corrected chi connectivity index (χ0v) is 13.2. The molecular weight excluding hydrogens is 335 g/mol. The normalized spacial score (nSPS) is 11.1. The molecule has 2 aromatic rings. The molecule has 0 aliphatic rings. The minimum absolute atomic E-state index is 0.0471. The van der Waals surface area contributed by atoms with E-state index in [2.05, 4.69) is 9.71 Å². The van der Waals surface area contributed by atoms with Crippen molar-refractivity contribution >= 4 is 49.5 Å². The van der Waals surface area contributed by atoms with E-state index in [9.17, 15) is 12.8 Å². The van der Waals surface area contributed by atoms with Gasteiger partial charge in [0.25, 0.3) is 10.0 Å². The Balaban J connectivity index is 2.34. The Hall–Kier alpha value is -1.78. The number of nitrogens with one attached hydrogen (secondary N) is 1. The van der Waals surface area contributed by atoms with E-state index in [1.165, 1.54) is 17.2 Å². The molecule has 6 nitrogen and oxygen atoms in total. The molecule has 10 heteroatoms. The topological polar surface area (TPSA) is 88.3 Å². The first-order chi connectivity index (χ1) is 9.81. The second-order valence-electron chi connectivity index (χ2n) is 3.95. The van der Waals surface area contributed by atoms with Crippen molar-refractivity contribution in [3.63, 3.8) is 0 Å². The fourth-order valence-corrected chi connectivity index (χ4v) is 3.44. The monoisotopic (exact) mass is 346 g/mol. The Kier molecular flexibility index (Phi) is 4.40. The van der Waals surface area contributed by atoms with Gasteiger partial charge in [0.1, 0.15) is 10.7 Å². The third-order valence-electron chi connectivity index (χ3n) is 2.58. The van der Waals surface area contributed by atoms with Crippen LogP contribution < -0.4 is 15.4 Å². The van der Waals surface area contributed by atoms with Gasteiger partial charge >= 0.3 is 0 Å². The average molecular weight is 346 g/mol. The summed E-state index contributed by atoms with van der Waals surface area (Å²) in [5.41, 5.74) is 5.78. The van der Waals surface area contributed by atoms with Crippen LogP contribution in [-0.4, -0.2) is 25.6 Å². The molecule has 0 spiro atoms. The molecule has 0 saturated carbocycles. The van der Waals surface area contributed by atoms with Gasteiger partial charge in [-0.25, -0.2) is 17.8 Å². The zero-order chi connectivity index (χ0) is 15.6. The van der Waals surface area contributed by atoms with Crippen molar-refractivity contribution < 1.29 is 12.8 Å². The lowest BCUT2D eigenvalue weighted by molar-refractivity contribution is 0.570. The van der Waals surface area contributed by atoms with Gasteiger partial charge in [0, 0.05) is 24.3 Å². The molecule has 0 bridgehead atoms. The first kappa shape index (κ1) is 15.6. The number of benzene rings is 1. The van der Waals surface area contributed by atoms with Crippen molar-refractivity contribution in [3.8, 4) is 0 Å². The lowest BCUT2D eigenvalue weighted by atomic mass is 10.3. The summed E-state index contributed by atoms with van der Waals surface area (Å²) in [5.74, 6) is -0.903. The third-order valence-corrected chi connectivity index (χ3v) is 5.04. The molecule has 112 valence electrons. The maximum absolute atomic E-state index is 14.1. The molecule has 0 atom stereocenters. The highest BCUT2D eigenvalue weighted by Crippen LogP contribution is 2.24. The molecule has 0 aliphatic carbocycles. The average Bonchev–Trinajstić information content (AvgIpc) is 2.89. The second kappa shape index (κ2) is 5.92. The van der Waals surface area contributed by atoms with Crippen molar-refractivity contribution in [2.24, 2.45) is 5.73 Å². The molecule has 1 aromatic carbocycles. The zero-order valence-electron chi connectivity index (χ0n) is 10.8. The van der Waals surface area contributed by atoms with Crippen molar-refractivity contribution in [2.45, 2.75) is 4.90 Å². The Bertz CT molecular complexity index is 762. The van der Waals surface area contributed by atoms with E-state index in [0.29, 0.717) is 5.69 Å². The SMILES string of the molecule is CN(C(N)=S)c1ccc(S(=O)(=O)Nc2nccs2)c(F)c1.